The van der Waals surface area contributed by atoms with Gasteiger partial charge in [0.05, 0.1) is 0 Å². The van der Waals surface area contributed by atoms with Crippen LogP contribution < -0.4 is 11.2 Å². The third-order valence-corrected chi connectivity index (χ3v) is 3.77. The maximum absolute atomic E-state index is 12.1. The van der Waals surface area contributed by atoms with Crippen LogP contribution in [0.1, 0.15) is 21.7 Å². The zero-order valence-corrected chi connectivity index (χ0v) is 12.7. The molecule has 3 aromatic heterocycles. The summed E-state index contributed by atoms with van der Waals surface area (Å²) in [6, 6.07) is 7.41. The van der Waals surface area contributed by atoms with E-state index in [1.165, 1.54) is 0 Å². The third-order valence-electron chi connectivity index (χ3n) is 3.77. The van der Waals surface area contributed by atoms with Gasteiger partial charge in [0.1, 0.15) is 17.1 Å². The average molecular weight is 349 g/mol. The number of fused-ring (bicyclic) bond motifs is 4. The largest absolute Gasteiger partial charge is 0.379 e. The SMILES string of the molecule is Nc1nonc1C(=O)NN=C1c2ccccc2-c2nc3nonc3nc21. The van der Waals surface area contributed by atoms with Gasteiger partial charge in [-0.3, -0.25) is 4.79 Å². The Balaban J connectivity index is 1.62. The van der Waals surface area contributed by atoms with Crippen LogP contribution in [-0.4, -0.2) is 42.2 Å². The van der Waals surface area contributed by atoms with Gasteiger partial charge in [-0.05, 0) is 20.6 Å². The highest BCUT2D eigenvalue weighted by atomic mass is 16.6. The van der Waals surface area contributed by atoms with E-state index in [4.69, 9.17) is 5.73 Å². The molecule has 0 bridgehead atoms. The minimum Gasteiger partial charge on any atom is -0.379 e. The summed E-state index contributed by atoms with van der Waals surface area (Å²) >= 11 is 0. The number of aromatic nitrogens is 6. The first kappa shape index (κ1) is 14.2. The van der Waals surface area contributed by atoms with Gasteiger partial charge in [0.25, 0.3) is 5.91 Å². The summed E-state index contributed by atoms with van der Waals surface area (Å²) in [5.41, 5.74) is 11.2. The number of benzene rings is 1. The molecule has 0 saturated carbocycles. The van der Waals surface area contributed by atoms with Crippen molar-refractivity contribution < 1.29 is 14.1 Å². The monoisotopic (exact) mass is 349 g/mol. The summed E-state index contributed by atoms with van der Waals surface area (Å²) < 4.78 is 9.06. The molecule has 0 spiro atoms. The van der Waals surface area contributed by atoms with Crippen molar-refractivity contribution in [2.45, 2.75) is 0 Å². The molecule has 3 N–H and O–H groups in total. The average Bonchev–Trinajstić information content (AvgIpc) is 3.35. The van der Waals surface area contributed by atoms with Crippen LogP contribution in [0.3, 0.4) is 0 Å². The number of hydrazone groups is 1. The molecule has 1 aliphatic rings. The van der Waals surface area contributed by atoms with Crippen LogP contribution in [0.15, 0.2) is 38.6 Å². The molecule has 12 nitrogen and oxygen atoms in total. The van der Waals surface area contributed by atoms with Crippen LogP contribution >= 0.6 is 0 Å². The van der Waals surface area contributed by atoms with Crippen molar-refractivity contribution >= 4 is 28.7 Å². The standard InChI is InChI=1S/C14H7N9O3/c15-11-10(20-25-21-11)14(24)19-18-8-6-4-2-1-3-5(6)7-9(8)17-13-12(16-7)22-26-23-13/h1-4H,(H2,15,21)(H,19,24). The van der Waals surface area contributed by atoms with E-state index < -0.39 is 5.91 Å². The Morgan fingerprint density at radius 2 is 1.65 bits per heavy atom. The van der Waals surface area contributed by atoms with Gasteiger partial charge < -0.3 is 5.73 Å². The van der Waals surface area contributed by atoms with Crippen LogP contribution in [0.4, 0.5) is 5.82 Å². The highest BCUT2D eigenvalue weighted by molar-refractivity contribution is 6.23. The summed E-state index contributed by atoms with van der Waals surface area (Å²) in [4.78, 5) is 20.9. The Kier molecular flexibility index (Phi) is 2.80. The first-order valence-electron chi connectivity index (χ1n) is 7.29. The van der Waals surface area contributed by atoms with Gasteiger partial charge in [0, 0.05) is 11.1 Å². The molecule has 5 rings (SSSR count). The molecule has 0 radical (unpaired) electrons. The van der Waals surface area contributed by atoms with Crippen molar-refractivity contribution in [1.29, 1.82) is 0 Å². The fraction of sp³-hybridized carbons (Fsp3) is 0. The highest BCUT2D eigenvalue weighted by Gasteiger charge is 2.30. The first-order valence-corrected chi connectivity index (χ1v) is 7.29. The molecule has 4 aromatic rings. The molecule has 12 heteroatoms. The van der Waals surface area contributed by atoms with E-state index in [2.05, 4.69) is 50.4 Å². The summed E-state index contributed by atoms with van der Waals surface area (Å²) in [7, 11) is 0. The molecule has 0 aliphatic heterocycles. The Labute approximate surface area is 143 Å². The maximum Gasteiger partial charge on any atom is 0.297 e. The number of hydrogen-bond donors (Lipinski definition) is 2. The second-order valence-corrected chi connectivity index (χ2v) is 5.28. The van der Waals surface area contributed by atoms with Crippen molar-refractivity contribution in [3.8, 4) is 11.3 Å². The summed E-state index contributed by atoms with van der Waals surface area (Å²) in [5.74, 6) is -0.801. The molecule has 26 heavy (non-hydrogen) atoms. The molecule has 1 aromatic carbocycles. The Hall–Kier alpha value is -4.22. The number of nitrogens with two attached hydrogens (primary N) is 1. The predicted octanol–water partition coefficient (Wildman–Crippen LogP) is 0.141. The summed E-state index contributed by atoms with van der Waals surface area (Å²) in [6.07, 6.45) is 0. The van der Waals surface area contributed by atoms with E-state index in [0.717, 1.165) is 11.1 Å². The lowest BCUT2D eigenvalue weighted by Crippen LogP contribution is -2.21. The molecule has 1 aliphatic carbocycles. The number of nitrogen functional groups attached to an aromatic ring is 1. The summed E-state index contributed by atoms with van der Waals surface area (Å²) in [6.45, 7) is 0. The summed E-state index contributed by atoms with van der Waals surface area (Å²) in [5, 5.41) is 18.3. The predicted molar refractivity (Wildman–Crippen MR) is 84.6 cm³/mol. The van der Waals surface area contributed by atoms with Gasteiger partial charge in [-0.25, -0.2) is 24.7 Å². The quantitative estimate of drug-likeness (QED) is 0.417. The van der Waals surface area contributed by atoms with Gasteiger partial charge in [-0.1, -0.05) is 24.3 Å². The number of nitrogens with zero attached hydrogens (tertiary/aromatic N) is 7. The number of anilines is 1. The van der Waals surface area contributed by atoms with Crippen molar-refractivity contribution in [3.05, 3.63) is 41.2 Å². The van der Waals surface area contributed by atoms with Crippen LogP contribution in [0.2, 0.25) is 0 Å². The van der Waals surface area contributed by atoms with Crippen molar-refractivity contribution in [1.82, 2.24) is 36.0 Å². The van der Waals surface area contributed by atoms with E-state index in [1.807, 2.05) is 24.3 Å². The van der Waals surface area contributed by atoms with Gasteiger partial charge in [-0.15, -0.1) is 0 Å². The van der Waals surface area contributed by atoms with E-state index >= 15 is 0 Å². The highest BCUT2D eigenvalue weighted by Crippen LogP contribution is 2.34. The smallest absolute Gasteiger partial charge is 0.297 e. The third kappa shape index (κ3) is 1.95. The minimum absolute atomic E-state index is 0.134. The second-order valence-electron chi connectivity index (χ2n) is 5.28. The number of amides is 1. The Bertz CT molecular complexity index is 1210. The number of rotatable bonds is 2. The van der Waals surface area contributed by atoms with Gasteiger partial charge in [-0.2, -0.15) is 5.10 Å². The Morgan fingerprint density at radius 3 is 2.38 bits per heavy atom. The fourth-order valence-corrected chi connectivity index (χ4v) is 2.64. The maximum atomic E-state index is 12.1. The van der Waals surface area contributed by atoms with Gasteiger partial charge >= 0.3 is 0 Å². The van der Waals surface area contributed by atoms with Gasteiger partial charge in [0.15, 0.2) is 0 Å². The number of hydrogen-bond acceptors (Lipinski definition) is 11. The van der Waals surface area contributed by atoms with Crippen molar-refractivity contribution in [3.63, 3.8) is 0 Å². The topological polar surface area (TPSA) is 171 Å². The number of carbonyl (C=O) groups excluding carboxylic acids is 1. The zero-order chi connectivity index (χ0) is 17.7. The van der Waals surface area contributed by atoms with Gasteiger partial charge in [0.2, 0.25) is 22.8 Å². The second kappa shape index (κ2) is 5.14. The van der Waals surface area contributed by atoms with Crippen LogP contribution in [0.25, 0.3) is 22.6 Å². The van der Waals surface area contributed by atoms with Crippen LogP contribution in [-0.2, 0) is 0 Å². The minimum atomic E-state index is -0.667. The van der Waals surface area contributed by atoms with Crippen molar-refractivity contribution in [2.24, 2.45) is 5.10 Å². The van der Waals surface area contributed by atoms with E-state index in [0.29, 0.717) is 17.1 Å². The lowest BCUT2D eigenvalue weighted by molar-refractivity contribution is 0.0945. The molecule has 0 atom stereocenters. The molecular weight excluding hydrogens is 342 g/mol. The molecular formula is C14H7N9O3. The molecule has 0 fully saturated rings. The first-order chi connectivity index (χ1) is 12.7. The molecule has 0 unspecified atom stereocenters. The van der Waals surface area contributed by atoms with E-state index in [1.54, 1.807) is 0 Å². The van der Waals surface area contributed by atoms with E-state index in [-0.39, 0.29) is 22.8 Å². The Morgan fingerprint density at radius 1 is 0.962 bits per heavy atom. The molecule has 0 saturated heterocycles. The van der Waals surface area contributed by atoms with Crippen LogP contribution in [0.5, 0.6) is 0 Å². The number of nitrogens with one attached hydrogen (secondary N) is 1. The zero-order valence-electron chi connectivity index (χ0n) is 12.7. The lowest BCUT2D eigenvalue weighted by atomic mass is 10.1. The normalized spacial score (nSPS) is 13.8. The molecule has 126 valence electrons. The fourth-order valence-electron chi connectivity index (χ4n) is 2.64. The lowest BCUT2D eigenvalue weighted by Gasteiger charge is -2.01. The number of carbonyl (C=O) groups is 1. The molecule has 1 amide bonds. The van der Waals surface area contributed by atoms with Crippen molar-refractivity contribution in [2.75, 3.05) is 5.73 Å². The molecule has 3 heterocycles. The van der Waals surface area contributed by atoms with Crippen LogP contribution in [0, 0.1) is 0 Å². The van der Waals surface area contributed by atoms with E-state index in [9.17, 15) is 4.79 Å².